The lowest BCUT2D eigenvalue weighted by Crippen LogP contribution is -2.19. The number of hydrogen-bond donors (Lipinski definition) is 1. The predicted molar refractivity (Wildman–Crippen MR) is 76.3 cm³/mol. The molecule has 0 bridgehead atoms. The van der Waals surface area contributed by atoms with E-state index in [0.717, 1.165) is 11.3 Å². The van der Waals surface area contributed by atoms with Crippen LogP contribution in [-0.4, -0.2) is 9.97 Å². The molecular formula is C14H18N2OS. The zero-order valence-corrected chi connectivity index (χ0v) is 12.2. The average molecular weight is 262 g/mol. The molecule has 0 amide bonds. The second kappa shape index (κ2) is 4.35. The van der Waals surface area contributed by atoms with Crippen LogP contribution in [0.2, 0.25) is 0 Å². The van der Waals surface area contributed by atoms with E-state index in [4.69, 9.17) is 0 Å². The zero-order chi connectivity index (χ0) is 13.5. The van der Waals surface area contributed by atoms with Gasteiger partial charge in [-0.15, -0.1) is 11.3 Å². The van der Waals surface area contributed by atoms with E-state index in [1.54, 1.807) is 17.4 Å². The smallest absolute Gasteiger partial charge is 0.251 e. The highest BCUT2D eigenvalue weighted by atomic mass is 32.1. The molecule has 96 valence electrons. The fraction of sp³-hybridized carbons (Fsp3) is 0.429. The summed E-state index contributed by atoms with van der Waals surface area (Å²) in [5.74, 6) is 0.675. The van der Waals surface area contributed by atoms with E-state index in [1.807, 2.05) is 0 Å². The van der Waals surface area contributed by atoms with Crippen molar-refractivity contribution >= 4 is 11.3 Å². The van der Waals surface area contributed by atoms with Crippen LogP contribution in [0.5, 0.6) is 0 Å². The molecule has 0 aromatic carbocycles. The highest BCUT2D eigenvalue weighted by molar-refractivity contribution is 7.12. The van der Waals surface area contributed by atoms with E-state index in [0.29, 0.717) is 5.82 Å². The first-order chi connectivity index (χ1) is 8.27. The van der Waals surface area contributed by atoms with Gasteiger partial charge in [0, 0.05) is 26.8 Å². The molecule has 0 aliphatic heterocycles. The van der Waals surface area contributed by atoms with Gasteiger partial charge < -0.3 is 4.98 Å². The summed E-state index contributed by atoms with van der Waals surface area (Å²) in [5.41, 5.74) is 1.64. The van der Waals surface area contributed by atoms with Crippen molar-refractivity contribution in [3.63, 3.8) is 0 Å². The molecule has 2 aromatic heterocycles. The number of aromatic nitrogens is 2. The minimum atomic E-state index is -0.123. The maximum absolute atomic E-state index is 11.8. The highest BCUT2D eigenvalue weighted by Crippen LogP contribution is 2.29. The van der Waals surface area contributed by atoms with Crippen molar-refractivity contribution in [2.45, 2.75) is 40.0 Å². The average Bonchev–Trinajstić information content (AvgIpc) is 2.55. The van der Waals surface area contributed by atoms with Crippen molar-refractivity contribution in [1.82, 2.24) is 9.97 Å². The number of thiophene rings is 1. The number of aromatic amines is 1. The van der Waals surface area contributed by atoms with Gasteiger partial charge in [0.05, 0.1) is 5.69 Å². The van der Waals surface area contributed by atoms with Crippen LogP contribution in [0.4, 0.5) is 0 Å². The van der Waals surface area contributed by atoms with Crippen molar-refractivity contribution < 1.29 is 0 Å². The van der Waals surface area contributed by atoms with Gasteiger partial charge in [-0.3, -0.25) is 4.79 Å². The van der Waals surface area contributed by atoms with Crippen LogP contribution in [0.25, 0.3) is 11.4 Å². The lowest BCUT2D eigenvalue weighted by molar-refractivity contribution is 0.566. The first-order valence-corrected chi connectivity index (χ1v) is 6.78. The Balaban J connectivity index is 2.63. The van der Waals surface area contributed by atoms with Gasteiger partial charge in [0.25, 0.3) is 5.56 Å². The van der Waals surface area contributed by atoms with Gasteiger partial charge in [0.15, 0.2) is 0 Å². The summed E-state index contributed by atoms with van der Waals surface area (Å²) in [6, 6.07) is 3.66. The number of aryl methyl sites for hydroxylation is 2. The Labute approximate surface area is 111 Å². The van der Waals surface area contributed by atoms with Crippen molar-refractivity contribution in [2.24, 2.45) is 0 Å². The minimum Gasteiger partial charge on any atom is -0.306 e. The van der Waals surface area contributed by atoms with E-state index in [2.05, 4.69) is 50.7 Å². The Bertz CT molecular complexity index is 632. The molecule has 2 aromatic rings. The van der Waals surface area contributed by atoms with Crippen LogP contribution < -0.4 is 5.56 Å². The van der Waals surface area contributed by atoms with E-state index in [9.17, 15) is 4.79 Å². The quantitative estimate of drug-likeness (QED) is 0.856. The molecule has 0 spiro atoms. The third-order valence-electron chi connectivity index (χ3n) is 2.81. The van der Waals surface area contributed by atoms with E-state index >= 15 is 0 Å². The maximum Gasteiger partial charge on any atom is 0.251 e. The summed E-state index contributed by atoms with van der Waals surface area (Å²) >= 11 is 1.72. The largest absolute Gasteiger partial charge is 0.306 e. The Morgan fingerprint density at radius 3 is 2.39 bits per heavy atom. The van der Waals surface area contributed by atoms with Gasteiger partial charge in [0.1, 0.15) is 5.82 Å². The SMILES string of the molecule is Cc1cc(-c2nc(C(C)(C)C)cc(=O)[nH]2)c(C)s1. The van der Waals surface area contributed by atoms with Gasteiger partial charge in [-0.25, -0.2) is 4.98 Å². The predicted octanol–water partition coefficient (Wildman–Crippen LogP) is 3.41. The van der Waals surface area contributed by atoms with E-state index in [1.165, 1.54) is 9.75 Å². The molecular weight excluding hydrogens is 244 g/mol. The monoisotopic (exact) mass is 262 g/mol. The van der Waals surface area contributed by atoms with Crippen LogP contribution in [0.15, 0.2) is 16.9 Å². The van der Waals surface area contributed by atoms with E-state index < -0.39 is 0 Å². The van der Waals surface area contributed by atoms with Crippen molar-refractivity contribution in [2.75, 3.05) is 0 Å². The van der Waals surface area contributed by atoms with Crippen molar-refractivity contribution in [3.05, 3.63) is 37.9 Å². The second-order valence-corrected chi connectivity index (χ2v) is 7.02. The Kier molecular flexibility index (Phi) is 3.15. The van der Waals surface area contributed by atoms with Gasteiger partial charge >= 0.3 is 0 Å². The summed E-state index contributed by atoms with van der Waals surface area (Å²) < 4.78 is 0. The molecule has 1 N–H and O–H groups in total. The Morgan fingerprint density at radius 1 is 1.22 bits per heavy atom. The number of H-pyrrole nitrogens is 1. The van der Waals surface area contributed by atoms with E-state index in [-0.39, 0.29) is 11.0 Å². The third-order valence-corrected chi connectivity index (χ3v) is 3.77. The summed E-state index contributed by atoms with van der Waals surface area (Å²) in [6.45, 7) is 10.3. The number of nitrogens with one attached hydrogen (secondary N) is 1. The normalized spacial score (nSPS) is 11.8. The van der Waals surface area contributed by atoms with Gasteiger partial charge in [0.2, 0.25) is 0 Å². The fourth-order valence-corrected chi connectivity index (χ4v) is 2.76. The molecule has 2 rings (SSSR count). The number of rotatable bonds is 1. The fourth-order valence-electron chi connectivity index (χ4n) is 1.84. The number of nitrogens with zero attached hydrogens (tertiary/aromatic N) is 1. The van der Waals surface area contributed by atoms with Crippen molar-refractivity contribution in [1.29, 1.82) is 0 Å². The van der Waals surface area contributed by atoms with Crippen LogP contribution >= 0.6 is 11.3 Å². The summed E-state index contributed by atoms with van der Waals surface area (Å²) in [4.78, 5) is 21.6. The van der Waals surface area contributed by atoms with Crippen LogP contribution in [-0.2, 0) is 5.41 Å². The standard InChI is InChI=1S/C14H18N2OS/c1-8-6-10(9(2)18-8)13-15-11(14(3,4)5)7-12(17)16-13/h6-7H,1-5H3,(H,15,16,17). The molecule has 3 nitrogen and oxygen atoms in total. The molecule has 0 aliphatic rings. The van der Waals surface area contributed by atoms with Crippen LogP contribution in [0, 0.1) is 13.8 Å². The molecule has 0 aliphatic carbocycles. The number of hydrogen-bond acceptors (Lipinski definition) is 3. The first kappa shape index (κ1) is 13.0. The van der Waals surface area contributed by atoms with Crippen molar-refractivity contribution in [3.8, 4) is 11.4 Å². The molecule has 18 heavy (non-hydrogen) atoms. The highest BCUT2D eigenvalue weighted by Gasteiger charge is 2.18. The summed E-state index contributed by atoms with van der Waals surface area (Å²) in [5, 5.41) is 0. The minimum absolute atomic E-state index is 0.0896. The Hall–Kier alpha value is -1.42. The summed E-state index contributed by atoms with van der Waals surface area (Å²) in [6.07, 6.45) is 0. The molecule has 0 atom stereocenters. The Morgan fingerprint density at radius 2 is 1.89 bits per heavy atom. The third kappa shape index (κ3) is 2.53. The molecule has 0 saturated carbocycles. The maximum atomic E-state index is 11.8. The zero-order valence-electron chi connectivity index (χ0n) is 11.4. The van der Waals surface area contributed by atoms with Gasteiger partial charge in [-0.05, 0) is 19.9 Å². The van der Waals surface area contributed by atoms with Crippen LogP contribution in [0.3, 0.4) is 0 Å². The topological polar surface area (TPSA) is 45.8 Å². The molecule has 0 fully saturated rings. The van der Waals surface area contributed by atoms with Gasteiger partial charge in [-0.2, -0.15) is 0 Å². The lowest BCUT2D eigenvalue weighted by atomic mass is 9.92. The van der Waals surface area contributed by atoms with Gasteiger partial charge in [-0.1, -0.05) is 20.8 Å². The molecule has 0 unspecified atom stereocenters. The second-order valence-electron chi connectivity index (χ2n) is 5.56. The summed E-state index contributed by atoms with van der Waals surface area (Å²) in [7, 11) is 0. The first-order valence-electron chi connectivity index (χ1n) is 5.96. The molecule has 0 saturated heterocycles. The lowest BCUT2D eigenvalue weighted by Gasteiger charge is -2.17. The van der Waals surface area contributed by atoms with Crippen LogP contribution in [0.1, 0.15) is 36.2 Å². The molecule has 0 radical (unpaired) electrons. The molecule has 4 heteroatoms. The molecule has 2 heterocycles.